The minimum atomic E-state index is -0.0799. The van der Waals surface area contributed by atoms with Crippen molar-refractivity contribution in [3.8, 4) is 0 Å². The molecule has 0 amide bonds. The van der Waals surface area contributed by atoms with Gasteiger partial charge in [0.15, 0.2) is 11.2 Å². The van der Waals surface area contributed by atoms with Gasteiger partial charge >= 0.3 is 0 Å². The number of imidazole rings is 2. The SMILES string of the molecule is Cc1cn2c(=O)c3c(ncn3C)n(C)c2n1. The van der Waals surface area contributed by atoms with E-state index < -0.39 is 0 Å². The molecule has 3 rings (SSSR count). The highest BCUT2D eigenvalue weighted by molar-refractivity contribution is 5.72. The predicted molar refractivity (Wildman–Crippen MR) is 59.4 cm³/mol. The van der Waals surface area contributed by atoms with E-state index in [-0.39, 0.29) is 5.56 Å². The van der Waals surface area contributed by atoms with Gasteiger partial charge in [-0.25, -0.2) is 14.4 Å². The molecule has 3 heterocycles. The highest BCUT2D eigenvalue weighted by Gasteiger charge is 2.13. The average molecular weight is 217 g/mol. The Bertz CT molecular complexity index is 757. The van der Waals surface area contributed by atoms with Crippen LogP contribution in [-0.2, 0) is 14.1 Å². The lowest BCUT2D eigenvalue weighted by Crippen LogP contribution is -2.18. The fourth-order valence-corrected chi connectivity index (χ4v) is 1.99. The highest BCUT2D eigenvalue weighted by Crippen LogP contribution is 2.10. The number of fused-ring (bicyclic) bond motifs is 2. The number of hydrogen-bond donors (Lipinski definition) is 0. The number of aromatic nitrogens is 5. The van der Waals surface area contributed by atoms with Crippen LogP contribution in [0.4, 0.5) is 0 Å². The van der Waals surface area contributed by atoms with Gasteiger partial charge in [-0.15, -0.1) is 0 Å². The van der Waals surface area contributed by atoms with E-state index in [0.717, 1.165) is 5.69 Å². The van der Waals surface area contributed by atoms with E-state index in [1.54, 1.807) is 21.5 Å². The molecule has 0 fully saturated rings. The molecule has 0 radical (unpaired) electrons. The van der Waals surface area contributed by atoms with Gasteiger partial charge in [0.25, 0.3) is 5.56 Å². The largest absolute Gasteiger partial charge is 0.328 e. The molecule has 0 aliphatic rings. The summed E-state index contributed by atoms with van der Waals surface area (Å²) in [6, 6.07) is 0. The lowest BCUT2D eigenvalue weighted by Gasteiger charge is -2.02. The Morgan fingerprint density at radius 2 is 2.06 bits per heavy atom. The molecule has 0 saturated carbocycles. The standard InChI is InChI=1S/C10H11N5O/c1-6-4-15-9(16)7-8(11-5-13(7)2)14(3)10(15)12-6/h4-5H,1-3H3. The summed E-state index contributed by atoms with van der Waals surface area (Å²) in [5.41, 5.74) is 1.99. The maximum absolute atomic E-state index is 12.2. The Morgan fingerprint density at radius 3 is 2.81 bits per heavy atom. The molecule has 0 atom stereocenters. The summed E-state index contributed by atoms with van der Waals surface area (Å²) in [5, 5.41) is 0. The van der Waals surface area contributed by atoms with E-state index in [0.29, 0.717) is 16.9 Å². The molecule has 6 heteroatoms. The van der Waals surface area contributed by atoms with Crippen LogP contribution in [0.1, 0.15) is 5.69 Å². The second kappa shape index (κ2) is 2.72. The van der Waals surface area contributed by atoms with Crippen LogP contribution in [0.2, 0.25) is 0 Å². The van der Waals surface area contributed by atoms with Gasteiger partial charge in [-0.3, -0.25) is 9.36 Å². The summed E-state index contributed by atoms with van der Waals surface area (Å²) in [7, 11) is 3.67. The van der Waals surface area contributed by atoms with Crippen LogP contribution in [-0.4, -0.2) is 23.5 Å². The zero-order chi connectivity index (χ0) is 11.4. The highest BCUT2D eigenvalue weighted by atomic mass is 16.1. The zero-order valence-electron chi connectivity index (χ0n) is 9.30. The van der Waals surface area contributed by atoms with Crippen LogP contribution >= 0.6 is 0 Å². The molecule has 0 aliphatic carbocycles. The fraction of sp³-hybridized carbons (Fsp3) is 0.300. The maximum atomic E-state index is 12.2. The van der Waals surface area contributed by atoms with Crippen LogP contribution in [0.3, 0.4) is 0 Å². The first-order chi connectivity index (χ1) is 7.59. The summed E-state index contributed by atoms with van der Waals surface area (Å²) < 4.78 is 5.11. The average Bonchev–Trinajstić information content (AvgIpc) is 2.79. The van der Waals surface area contributed by atoms with Crippen molar-refractivity contribution in [1.82, 2.24) is 23.5 Å². The first kappa shape index (κ1) is 9.14. The van der Waals surface area contributed by atoms with Crippen molar-refractivity contribution in [3.63, 3.8) is 0 Å². The van der Waals surface area contributed by atoms with E-state index in [2.05, 4.69) is 9.97 Å². The van der Waals surface area contributed by atoms with Gasteiger partial charge in [0, 0.05) is 20.3 Å². The van der Waals surface area contributed by atoms with Crippen molar-refractivity contribution in [2.75, 3.05) is 0 Å². The Labute approximate surface area is 90.8 Å². The summed E-state index contributed by atoms with van der Waals surface area (Å²) in [4.78, 5) is 20.7. The van der Waals surface area contributed by atoms with Crippen molar-refractivity contribution in [2.45, 2.75) is 6.92 Å². The third kappa shape index (κ3) is 0.932. The zero-order valence-corrected chi connectivity index (χ0v) is 9.30. The topological polar surface area (TPSA) is 57.1 Å². The van der Waals surface area contributed by atoms with Gasteiger partial charge in [0.2, 0.25) is 5.78 Å². The molecule has 0 spiro atoms. The summed E-state index contributed by atoms with van der Waals surface area (Å²) in [6.45, 7) is 1.87. The number of hydrogen-bond acceptors (Lipinski definition) is 3. The number of rotatable bonds is 0. The maximum Gasteiger partial charge on any atom is 0.285 e. The van der Waals surface area contributed by atoms with Gasteiger partial charge in [0.1, 0.15) is 0 Å². The quantitative estimate of drug-likeness (QED) is 0.541. The van der Waals surface area contributed by atoms with Gasteiger partial charge in [-0.1, -0.05) is 0 Å². The number of aryl methyl sites for hydroxylation is 3. The smallest absolute Gasteiger partial charge is 0.285 e. The van der Waals surface area contributed by atoms with Crippen LogP contribution in [0.25, 0.3) is 16.9 Å². The van der Waals surface area contributed by atoms with Crippen LogP contribution in [0, 0.1) is 6.92 Å². The Kier molecular flexibility index (Phi) is 1.55. The summed E-state index contributed by atoms with van der Waals surface area (Å²) in [6.07, 6.45) is 3.38. The van der Waals surface area contributed by atoms with Crippen molar-refractivity contribution in [1.29, 1.82) is 0 Å². The second-order valence-corrected chi connectivity index (χ2v) is 3.94. The summed E-state index contributed by atoms with van der Waals surface area (Å²) >= 11 is 0. The Balaban J connectivity index is 2.73. The third-order valence-electron chi connectivity index (χ3n) is 2.76. The molecular formula is C10H11N5O. The van der Waals surface area contributed by atoms with Gasteiger partial charge < -0.3 is 4.57 Å². The molecular weight excluding hydrogens is 206 g/mol. The van der Waals surface area contributed by atoms with Gasteiger partial charge in [-0.2, -0.15) is 0 Å². The lowest BCUT2D eigenvalue weighted by atomic mass is 10.5. The first-order valence-corrected chi connectivity index (χ1v) is 4.95. The van der Waals surface area contributed by atoms with Crippen LogP contribution in [0.15, 0.2) is 17.3 Å². The second-order valence-electron chi connectivity index (χ2n) is 3.94. The van der Waals surface area contributed by atoms with E-state index in [9.17, 15) is 4.79 Å². The molecule has 0 N–H and O–H groups in total. The summed E-state index contributed by atoms with van der Waals surface area (Å²) in [5.74, 6) is 0.619. The molecule has 3 aromatic rings. The molecule has 0 aromatic carbocycles. The van der Waals surface area contributed by atoms with E-state index in [1.807, 2.05) is 25.6 Å². The number of nitrogens with zero attached hydrogens (tertiary/aromatic N) is 5. The molecule has 0 aliphatic heterocycles. The Morgan fingerprint density at radius 1 is 1.31 bits per heavy atom. The van der Waals surface area contributed by atoms with Crippen LogP contribution in [0.5, 0.6) is 0 Å². The Hall–Kier alpha value is -2.11. The van der Waals surface area contributed by atoms with E-state index in [4.69, 9.17) is 0 Å². The van der Waals surface area contributed by atoms with Gasteiger partial charge in [0.05, 0.1) is 12.0 Å². The van der Waals surface area contributed by atoms with Crippen molar-refractivity contribution in [3.05, 3.63) is 28.6 Å². The van der Waals surface area contributed by atoms with Crippen molar-refractivity contribution >= 4 is 16.9 Å². The minimum Gasteiger partial charge on any atom is -0.328 e. The molecule has 6 nitrogen and oxygen atoms in total. The molecule has 82 valence electrons. The van der Waals surface area contributed by atoms with E-state index in [1.165, 1.54) is 0 Å². The van der Waals surface area contributed by atoms with E-state index >= 15 is 0 Å². The van der Waals surface area contributed by atoms with Crippen molar-refractivity contribution < 1.29 is 0 Å². The minimum absolute atomic E-state index is 0.0799. The molecule has 3 aromatic heterocycles. The lowest BCUT2D eigenvalue weighted by molar-refractivity contribution is 0.890. The normalized spacial score (nSPS) is 11.7. The van der Waals surface area contributed by atoms with Gasteiger partial charge in [-0.05, 0) is 6.92 Å². The predicted octanol–water partition coefficient (Wildman–Crippen LogP) is 0.228. The molecule has 0 bridgehead atoms. The third-order valence-corrected chi connectivity index (χ3v) is 2.76. The first-order valence-electron chi connectivity index (χ1n) is 4.95. The molecule has 0 unspecified atom stereocenters. The fourth-order valence-electron chi connectivity index (χ4n) is 1.99. The van der Waals surface area contributed by atoms with Crippen molar-refractivity contribution in [2.24, 2.45) is 14.1 Å². The molecule has 16 heavy (non-hydrogen) atoms. The monoisotopic (exact) mass is 217 g/mol. The molecule has 0 saturated heterocycles. The van der Waals surface area contributed by atoms with Crippen LogP contribution < -0.4 is 5.56 Å².